The van der Waals surface area contributed by atoms with Gasteiger partial charge in [-0.2, -0.15) is 0 Å². The van der Waals surface area contributed by atoms with Crippen LogP contribution in [-0.4, -0.2) is 33.0 Å². The SMILES string of the molecule is CC(CCO)Sc1ccc(/C(N)=N/O)nc1. The molecule has 1 heterocycles. The molecular formula is C10H15N3O2S. The van der Waals surface area contributed by atoms with Crippen molar-refractivity contribution in [2.24, 2.45) is 10.9 Å². The highest BCUT2D eigenvalue weighted by molar-refractivity contribution is 7.99. The summed E-state index contributed by atoms with van der Waals surface area (Å²) in [5.74, 6) is -0.0000401. The number of aliphatic hydroxyl groups excluding tert-OH is 1. The second kappa shape index (κ2) is 6.34. The molecule has 16 heavy (non-hydrogen) atoms. The zero-order valence-electron chi connectivity index (χ0n) is 9.00. The van der Waals surface area contributed by atoms with E-state index in [1.54, 1.807) is 24.0 Å². The highest BCUT2D eigenvalue weighted by Gasteiger charge is 2.05. The molecule has 1 unspecified atom stereocenters. The maximum absolute atomic E-state index is 8.77. The van der Waals surface area contributed by atoms with Crippen molar-refractivity contribution in [3.63, 3.8) is 0 Å². The Hall–Kier alpha value is -1.27. The Labute approximate surface area is 98.4 Å². The number of nitrogens with zero attached hydrogens (tertiary/aromatic N) is 2. The fourth-order valence-electron chi connectivity index (χ4n) is 1.13. The normalized spacial score (nSPS) is 13.8. The monoisotopic (exact) mass is 241 g/mol. The lowest BCUT2D eigenvalue weighted by Gasteiger charge is -2.08. The Morgan fingerprint density at radius 2 is 2.38 bits per heavy atom. The molecule has 1 aromatic heterocycles. The van der Waals surface area contributed by atoms with Gasteiger partial charge in [-0.05, 0) is 18.6 Å². The maximum Gasteiger partial charge on any atom is 0.188 e. The third-order valence-electron chi connectivity index (χ3n) is 1.98. The fraction of sp³-hybridized carbons (Fsp3) is 0.400. The molecule has 0 amide bonds. The van der Waals surface area contributed by atoms with Crippen LogP contribution in [0.1, 0.15) is 19.0 Å². The highest BCUT2D eigenvalue weighted by Crippen LogP contribution is 2.24. The molecule has 0 aliphatic rings. The molecule has 0 fully saturated rings. The summed E-state index contributed by atoms with van der Waals surface area (Å²) in [5.41, 5.74) is 5.84. The summed E-state index contributed by atoms with van der Waals surface area (Å²) < 4.78 is 0. The van der Waals surface area contributed by atoms with E-state index in [2.05, 4.69) is 10.1 Å². The molecule has 0 aliphatic carbocycles. The lowest BCUT2D eigenvalue weighted by molar-refractivity contribution is 0.289. The second-order valence-electron chi connectivity index (χ2n) is 3.31. The number of rotatable bonds is 5. The highest BCUT2D eigenvalue weighted by atomic mass is 32.2. The van der Waals surface area contributed by atoms with Crippen LogP contribution in [0.3, 0.4) is 0 Å². The van der Waals surface area contributed by atoms with Crippen LogP contribution in [0.4, 0.5) is 0 Å². The van der Waals surface area contributed by atoms with Crippen LogP contribution in [0, 0.1) is 0 Å². The van der Waals surface area contributed by atoms with Gasteiger partial charge in [0, 0.05) is 22.9 Å². The Morgan fingerprint density at radius 1 is 1.62 bits per heavy atom. The average Bonchev–Trinajstić information content (AvgIpc) is 2.29. The first-order valence-corrected chi connectivity index (χ1v) is 5.76. The summed E-state index contributed by atoms with van der Waals surface area (Å²) in [6.45, 7) is 2.22. The number of hydrogen-bond acceptors (Lipinski definition) is 5. The first-order chi connectivity index (χ1) is 7.67. The van der Waals surface area contributed by atoms with Gasteiger partial charge in [-0.25, -0.2) is 0 Å². The molecule has 0 aliphatic heterocycles. The van der Waals surface area contributed by atoms with Crippen molar-refractivity contribution in [2.75, 3.05) is 6.61 Å². The average molecular weight is 241 g/mol. The van der Waals surface area contributed by atoms with Crippen LogP contribution in [0.25, 0.3) is 0 Å². The van der Waals surface area contributed by atoms with Gasteiger partial charge in [-0.15, -0.1) is 11.8 Å². The third kappa shape index (κ3) is 3.71. The predicted octanol–water partition coefficient (Wildman–Crippen LogP) is 1.04. The minimum absolute atomic E-state index is 0.0000401. The van der Waals surface area contributed by atoms with Crippen molar-refractivity contribution in [1.29, 1.82) is 0 Å². The van der Waals surface area contributed by atoms with Crippen molar-refractivity contribution in [3.05, 3.63) is 24.0 Å². The van der Waals surface area contributed by atoms with E-state index >= 15 is 0 Å². The molecule has 0 bridgehead atoms. The number of aromatic nitrogens is 1. The van der Waals surface area contributed by atoms with E-state index in [0.29, 0.717) is 10.9 Å². The molecule has 1 atom stereocenters. The number of hydrogen-bond donors (Lipinski definition) is 3. The molecule has 1 rings (SSSR count). The lowest BCUT2D eigenvalue weighted by atomic mass is 10.3. The quantitative estimate of drug-likeness (QED) is 0.235. The smallest absolute Gasteiger partial charge is 0.188 e. The molecule has 0 aromatic carbocycles. The zero-order chi connectivity index (χ0) is 12.0. The molecule has 4 N–H and O–H groups in total. The molecule has 88 valence electrons. The number of amidine groups is 1. The summed E-state index contributed by atoms with van der Waals surface area (Å²) in [7, 11) is 0. The van der Waals surface area contributed by atoms with Crippen molar-refractivity contribution in [1.82, 2.24) is 4.98 Å². The number of oxime groups is 1. The van der Waals surface area contributed by atoms with Crippen LogP contribution in [0.5, 0.6) is 0 Å². The number of pyridine rings is 1. The largest absolute Gasteiger partial charge is 0.409 e. The summed E-state index contributed by atoms with van der Waals surface area (Å²) in [5, 5.41) is 20.4. The summed E-state index contributed by atoms with van der Waals surface area (Å²) >= 11 is 1.63. The van der Waals surface area contributed by atoms with Gasteiger partial charge in [0.2, 0.25) is 0 Å². The minimum Gasteiger partial charge on any atom is -0.409 e. The van der Waals surface area contributed by atoms with E-state index in [1.807, 2.05) is 13.0 Å². The van der Waals surface area contributed by atoms with Crippen LogP contribution < -0.4 is 5.73 Å². The molecule has 0 saturated carbocycles. The van der Waals surface area contributed by atoms with Gasteiger partial charge in [0.25, 0.3) is 0 Å². The fourth-order valence-corrected chi connectivity index (χ4v) is 2.07. The maximum atomic E-state index is 8.77. The van der Waals surface area contributed by atoms with E-state index in [0.717, 1.165) is 11.3 Å². The zero-order valence-corrected chi connectivity index (χ0v) is 9.81. The summed E-state index contributed by atoms with van der Waals surface area (Å²) in [4.78, 5) is 5.06. The first-order valence-electron chi connectivity index (χ1n) is 4.89. The molecule has 0 radical (unpaired) electrons. The van der Waals surface area contributed by atoms with Crippen LogP contribution in [0.15, 0.2) is 28.4 Å². The van der Waals surface area contributed by atoms with E-state index in [9.17, 15) is 0 Å². The number of nitrogens with two attached hydrogens (primary N) is 1. The van der Waals surface area contributed by atoms with E-state index in [-0.39, 0.29) is 12.4 Å². The Kier molecular flexibility index (Phi) is 5.07. The Balaban J connectivity index is 2.64. The third-order valence-corrected chi connectivity index (χ3v) is 3.13. The van der Waals surface area contributed by atoms with Crippen molar-refractivity contribution >= 4 is 17.6 Å². The van der Waals surface area contributed by atoms with Crippen molar-refractivity contribution < 1.29 is 10.3 Å². The first kappa shape index (κ1) is 12.8. The standard InChI is InChI=1S/C10H15N3O2S/c1-7(4-5-14)16-8-2-3-9(12-6-8)10(11)13-15/h2-3,6-7,14-15H,4-5H2,1H3,(H2,11,13). The Bertz CT molecular complexity index is 354. The van der Waals surface area contributed by atoms with Crippen molar-refractivity contribution in [3.8, 4) is 0 Å². The van der Waals surface area contributed by atoms with Gasteiger partial charge in [0.15, 0.2) is 5.84 Å². The molecule has 0 spiro atoms. The minimum atomic E-state index is -0.0000401. The van der Waals surface area contributed by atoms with Gasteiger partial charge >= 0.3 is 0 Å². The van der Waals surface area contributed by atoms with Crippen LogP contribution >= 0.6 is 11.8 Å². The van der Waals surface area contributed by atoms with Crippen LogP contribution in [-0.2, 0) is 0 Å². The van der Waals surface area contributed by atoms with E-state index in [4.69, 9.17) is 16.0 Å². The molecule has 0 saturated heterocycles. The van der Waals surface area contributed by atoms with Gasteiger partial charge in [-0.3, -0.25) is 4.98 Å². The van der Waals surface area contributed by atoms with Gasteiger partial charge in [0.05, 0.1) is 0 Å². The van der Waals surface area contributed by atoms with Gasteiger partial charge < -0.3 is 16.0 Å². The number of aliphatic hydroxyl groups is 1. The van der Waals surface area contributed by atoms with E-state index in [1.165, 1.54) is 0 Å². The lowest BCUT2D eigenvalue weighted by Crippen LogP contribution is -2.14. The van der Waals surface area contributed by atoms with Gasteiger partial charge in [0.1, 0.15) is 5.69 Å². The van der Waals surface area contributed by atoms with Gasteiger partial charge in [-0.1, -0.05) is 12.1 Å². The number of thioether (sulfide) groups is 1. The van der Waals surface area contributed by atoms with Crippen molar-refractivity contribution in [2.45, 2.75) is 23.5 Å². The predicted molar refractivity (Wildman–Crippen MR) is 63.8 cm³/mol. The van der Waals surface area contributed by atoms with Crippen LogP contribution in [0.2, 0.25) is 0 Å². The summed E-state index contributed by atoms with van der Waals surface area (Å²) in [6.07, 6.45) is 2.42. The second-order valence-corrected chi connectivity index (χ2v) is 4.82. The van der Waals surface area contributed by atoms with E-state index < -0.39 is 0 Å². The topological polar surface area (TPSA) is 91.7 Å². The Morgan fingerprint density at radius 3 is 2.88 bits per heavy atom. The molecule has 5 nitrogen and oxygen atoms in total. The summed E-state index contributed by atoms with van der Waals surface area (Å²) in [6, 6.07) is 3.56. The molecule has 1 aromatic rings. The molecular weight excluding hydrogens is 226 g/mol. The molecule has 6 heteroatoms.